The number of allylic oxidation sites excluding steroid dienone is 1. The molecule has 0 bridgehead atoms. The van der Waals surface area contributed by atoms with Gasteiger partial charge in [-0.1, -0.05) is 6.07 Å². The van der Waals surface area contributed by atoms with Crippen LogP contribution in [0.1, 0.15) is 24.2 Å². The van der Waals surface area contributed by atoms with E-state index >= 15 is 0 Å². The number of non-ortho nitro benzene ring substituents is 1. The highest BCUT2D eigenvalue weighted by molar-refractivity contribution is 14.1. The predicted octanol–water partition coefficient (Wildman–Crippen LogP) is 3.13. The summed E-state index contributed by atoms with van der Waals surface area (Å²) in [5.41, 5.74) is 6.96. The number of carbonyl (C=O) groups is 2. The van der Waals surface area contributed by atoms with E-state index in [2.05, 4.69) is 38.5 Å². The van der Waals surface area contributed by atoms with Gasteiger partial charge in [-0.25, -0.2) is 0 Å². The zero-order valence-electron chi connectivity index (χ0n) is 15.5. The van der Waals surface area contributed by atoms with Crippen molar-refractivity contribution in [1.82, 2.24) is 10.9 Å². The van der Waals surface area contributed by atoms with E-state index in [4.69, 9.17) is 0 Å². The zero-order valence-corrected chi connectivity index (χ0v) is 17.6. The van der Waals surface area contributed by atoms with Gasteiger partial charge in [0.15, 0.2) is 0 Å². The molecule has 2 N–H and O–H groups in total. The monoisotopic (exact) mass is 505 g/mol. The molecule has 3 rings (SSSR count). The summed E-state index contributed by atoms with van der Waals surface area (Å²) in [6, 6.07) is 12.7. The van der Waals surface area contributed by atoms with Crippen LogP contribution in [0.5, 0.6) is 0 Å². The Morgan fingerprint density at radius 1 is 1.17 bits per heavy atom. The van der Waals surface area contributed by atoms with Crippen molar-refractivity contribution in [1.29, 1.82) is 0 Å². The molecule has 1 aliphatic rings. The molecule has 2 aromatic carbocycles. The number of hydrogen-bond acceptors (Lipinski definition) is 6. The number of hydrazone groups is 1. The molecule has 2 aromatic rings. The summed E-state index contributed by atoms with van der Waals surface area (Å²) in [7, 11) is 0. The van der Waals surface area contributed by atoms with Crippen molar-refractivity contribution in [3.63, 3.8) is 0 Å². The number of hydrogen-bond donors (Lipinski definition) is 2. The van der Waals surface area contributed by atoms with Gasteiger partial charge >= 0.3 is 0 Å². The molecule has 0 unspecified atom stereocenters. The second kappa shape index (κ2) is 8.39. The molecule has 0 saturated carbocycles. The third-order valence-electron chi connectivity index (χ3n) is 4.15. The van der Waals surface area contributed by atoms with Gasteiger partial charge in [0, 0.05) is 27.0 Å². The van der Waals surface area contributed by atoms with Crippen molar-refractivity contribution < 1.29 is 14.5 Å². The number of nitro benzene ring substituents is 1. The second-order valence-electron chi connectivity index (χ2n) is 6.17. The number of nitrogens with one attached hydrogen (secondary N) is 2. The highest BCUT2D eigenvalue weighted by Crippen LogP contribution is 2.25. The van der Waals surface area contributed by atoms with Crippen LogP contribution in [0.3, 0.4) is 0 Å². The molecule has 1 heterocycles. The van der Waals surface area contributed by atoms with Gasteiger partial charge < -0.3 is 5.43 Å². The van der Waals surface area contributed by atoms with E-state index < -0.39 is 10.8 Å². The average Bonchev–Trinajstić information content (AvgIpc) is 3.00. The highest BCUT2D eigenvalue weighted by atomic mass is 127. The number of carbonyl (C=O) groups excluding carboxylic acids is 2. The molecule has 1 aliphatic heterocycles. The molecule has 10 heteroatoms. The lowest BCUT2D eigenvalue weighted by Crippen LogP contribution is -2.37. The van der Waals surface area contributed by atoms with Gasteiger partial charge in [-0.3, -0.25) is 25.1 Å². The van der Waals surface area contributed by atoms with E-state index in [1.807, 2.05) is 12.1 Å². The summed E-state index contributed by atoms with van der Waals surface area (Å²) in [5.74, 6) is -0.888. The fourth-order valence-electron chi connectivity index (χ4n) is 2.74. The fraction of sp³-hybridized carbons (Fsp3) is 0.105. The first-order valence-corrected chi connectivity index (χ1v) is 9.53. The van der Waals surface area contributed by atoms with Crippen LogP contribution in [0.15, 0.2) is 64.9 Å². The first kappa shape index (κ1) is 20.5. The first-order chi connectivity index (χ1) is 13.8. The zero-order chi connectivity index (χ0) is 21.1. The topological polar surface area (TPSA) is 117 Å². The third kappa shape index (κ3) is 4.42. The minimum atomic E-state index is -0.576. The van der Waals surface area contributed by atoms with Crippen LogP contribution in [0.25, 0.3) is 0 Å². The Hall–Kier alpha value is -3.28. The molecule has 0 spiro atoms. The molecule has 2 amide bonds. The molecule has 0 fully saturated rings. The molecule has 148 valence electrons. The maximum absolute atomic E-state index is 12.8. The summed E-state index contributed by atoms with van der Waals surface area (Å²) in [6.07, 6.45) is 0. The van der Waals surface area contributed by atoms with Crippen LogP contribution in [0.2, 0.25) is 0 Å². The molecular weight excluding hydrogens is 489 g/mol. The molecule has 0 atom stereocenters. The number of amides is 2. The summed E-state index contributed by atoms with van der Waals surface area (Å²) in [5, 5.41) is 16.4. The van der Waals surface area contributed by atoms with E-state index in [-0.39, 0.29) is 17.2 Å². The number of halogens is 1. The number of benzene rings is 2. The number of anilines is 1. The largest absolute Gasteiger partial charge is 0.302 e. The van der Waals surface area contributed by atoms with Gasteiger partial charge in [0.1, 0.15) is 0 Å². The van der Waals surface area contributed by atoms with Crippen molar-refractivity contribution >= 4 is 51.5 Å². The Balaban J connectivity index is 1.74. The Bertz CT molecular complexity index is 1060. The minimum absolute atomic E-state index is 0.119. The van der Waals surface area contributed by atoms with Crippen LogP contribution in [0.4, 0.5) is 11.4 Å². The van der Waals surface area contributed by atoms with E-state index in [0.29, 0.717) is 22.7 Å². The summed E-state index contributed by atoms with van der Waals surface area (Å²) in [4.78, 5) is 35.3. The highest BCUT2D eigenvalue weighted by Gasteiger charge is 2.30. The van der Waals surface area contributed by atoms with Crippen LogP contribution >= 0.6 is 22.6 Å². The van der Waals surface area contributed by atoms with Gasteiger partial charge in [0.05, 0.1) is 21.9 Å². The molecule has 0 aromatic heterocycles. The standard InChI is InChI=1S/C19H16IN5O4/c1-11(21-22-18(26)13-4-3-5-16(10-13)25(28)29)17-12(2)23-24(19(17)27)15-8-6-14(20)7-9-15/h3-10,21H,1-2H3,(H,22,26)/b17-11-. The van der Waals surface area contributed by atoms with Crippen LogP contribution in [-0.2, 0) is 4.79 Å². The Labute approximate surface area is 179 Å². The number of nitrogens with zero attached hydrogens (tertiary/aromatic N) is 3. The first-order valence-electron chi connectivity index (χ1n) is 8.45. The van der Waals surface area contributed by atoms with Crippen LogP contribution < -0.4 is 15.9 Å². The van der Waals surface area contributed by atoms with E-state index in [9.17, 15) is 19.7 Å². The Morgan fingerprint density at radius 3 is 2.52 bits per heavy atom. The number of rotatable bonds is 5. The average molecular weight is 505 g/mol. The van der Waals surface area contributed by atoms with Crippen molar-refractivity contribution in [2.24, 2.45) is 5.10 Å². The lowest BCUT2D eigenvalue weighted by atomic mass is 10.1. The van der Waals surface area contributed by atoms with Gasteiger partial charge in [0.25, 0.3) is 17.5 Å². The van der Waals surface area contributed by atoms with E-state index in [1.165, 1.54) is 29.3 Å². The van der Waals surface area contributed by atoms with Gasteiger partial charge in [0.2, 0.25) is 0 Å². The summed E-state index contributed by atoms with van der Waals surface area (Å²) >= 11 is 2.17. The van der Waals surface area contributed by atoms with Gasteiger partial charge in [-0.15, -0.1) is 0 Å². The lowest BCUT2D eigenvalue weighted by molar-refractivity contribution is -0.384. The van der Waals surface area contributed by atoms with Crippen molar-refractivity contribution in [3.05, 3.63) is 79.0 Å². The molecule has 9 nitrogen and oxygen atoms in total. The van der Waals surface area contributed by atoms with Crippen LogP contribution in [0, 0.1) is 13.7 Å². The van der Waals surface area contributed by atoms with Crippen LogP contribution in [-0.4, -0.2) is 22.4 Å². The van der Waals surface area contributed by atoms with Gasteiger partial charge in [-0.2, -0.15) is 10.1 Å². The number of nitro groups is 1. The van der Waals surface area contributed by atoms with Crippen molar-refractivity contribution in [2.75, 3.05) is 5.01 Å². The third-order valence-corrected chi connectivity index (χ3v) is 4.87. The van der Waals surface area contributed by atoms with Crippen molar-refractivity contribution in [3.8, 4) is 0 Å². The predicted molar refractivity (Wildman–Crippen MR) is 116 cm³/mol. The van der Waals surface area contributed by atoms with E-state index in [1.54, 1.807) is 26.0 Å². The van der Waals surface area contributed by atoms with Crippen molar-refractivity contribution in [2.45, 2.75) is 13.8 Å². The maximum Gasteiger partial charge on any atom is 0.282 e. The molecule has 0 aliphatic carbocycles. The fourth-order valence-corrected chi connectivity index (χ4v) is 3.10. The Kier molecular flexibility index (Phi) is 5.92. The molecular formula is C19H16IN5O4. The smallest absolute Gasteiger partial charge is 0.282 e. The summed E-state index contributed by atoms with van der Waals surface area (Å²) in [6.45, 7) is 3.34. The molecule has 0 saturated heterocycles. The maximum atomic E-state index is 12.8. The molecule has 29 heavy (non-hydrogen) atoms. The summed E-state index contributed by atoms with van der Waals surface area (Å²) < 4.78 is 1.04. The quantitative estimate of drug-likeness (QED) is 0.280. The molecule has 0 radical (unpaired) electrons. The lowest BCUT2D eigenvalue weighted by Gasteiger charge is -2.13. The van der Waals surface area contributed by atoms with Gasteiger partial charge in [-0.05, 0) is 66.8 Å². The second-order valence-corrected chi connectivity index (χ2v) is 7.41. The normalized spacial score (nSPS) is 15.1. The minimum Gasteiger partial charge on any atom is -0.302 e. The Morgan fingerprint density at radius 2 is 1.86 bits per heavy atom. The number of hydrazine groups is 1. The SMILES string of the molecule is CC1=NN(c2ccc(I)cc2)C(=O)/C1=C(/C)NNC(=O)c1cccc([N+](=O)[O-])c1. The van der Waals surface area contributed by atoms with E-state index in [0.717, 1.165) is 3.57 Å².